The molecule has 6 heteroatoms. The van der Waals surface area contributed by atoms with E-state index in [0.717, 1.165) is 36.2 Å². The van der Waals surface area contributed by atoms with Gasteiger partial charge in [-0.2, -0.15) is 5.26 Å². The zero-order valence-corrected chi connectivity index (χ0v) is 14.4. The highest BCUT2D eigenvalue weighted by molar-refractivity contribution is 6.31. The van der Waals surface area contributed by atoms with Crippen molar-refractivity contribution in [2.45, 2.75) is 39.9 Å². The van der Waals surface area contributed by atoms with Crippen LogP contribution in [0.5, 0.6) is 0 Å². The Bertz CT molecular complexity index is 810. The summed E-state index contributed by atoms with van der Waals surface area (Å²) >= 11 is 6.27. The van der Waals surface area contributed by atoms with Crippen LogP contribution in [-0.4, -0.2) is 27.0 Å². The summed E-state index contributed by atoms with van der Waals surface area (Å²) < 4.78 is 2.09. The molecule has 1 atom stereocenters. The monoisotopic (exact) mass is 329 g/mol. The number of allylic oxidation sites excluding steroid dienone is 1. The average Bonchev–Trinajstić information content (AvgIpc) is 2.72. The molecule has 0 bridgehead atoms. The SMILES string of the molecule is CC(C)=CCN1Cc2cc(Cl)cc3nc(NC#N)n(c23)CC1C. The third-order valence-electron chi connectivity index (χ3n) is 4.23. The van der Waals surface area contributed by atoms with Gasteiger partial charge in [-0.3, -0.25) is 10.2 Å². The van der Waals surface area contributed by atoms with Crippen LogP contribution in [0.3, 0.4) is 0 Å². The van der Waals surface area contributed by atoms with Gasteiger partial charge < -0.3 is 4.57 Å². The van der Waals surface area contributed by atoms with Crippen LogP contribution in [0.4, 0.5) is 5.95 Å². The van der Waals surface area contributed by atoms with Crippen LogP contribution in [0.1, 0.15) is 26.3 Å². The second-order valence-corrected chi connectivity index (χ2v) is 6.71. The topological polar surface area (TPSA) is 56.9 Å². The Morgan fingerprint density at radius 2 is 2.30 bits per heavy atom. The normalized spacial score (nSPS) is 17.6. The van der Waals surface area contributed by atoms with Gasteiger partial charge in [-0.05, 0) is 38.5 Å². The molecule has 0 saturated heterocycles. The van der Waals surface area contributed by atoms with E-state index >= 15 is 0 Å². The van der Waals surface area contributed by atoms with Crippen LogP contribution >= 0.6 is 11.6 Å². The maximum atomic E-state index is 8.98. The van der Waals surface area contributed by atoms with Crippen molar-refractivity contribution in [1.29, 1.82) is 5.26 Å². The molecule has 0 spiro atoms. The number of halogens is 1. The molecule has 0 aliphatic carbocycles. The van der Waals surface area contributed by atoms with Gasteiger partial charge in [0.2, 0.25) is 5.95 Å². The van der Waals surface area contributed by atoms with Gasteiger partial charge in [0.1, 0.15) is 0 Å². The van der Waals surface area contributed by atoms with Crippen LogP contribution in [0, 0.1) is 11.5 Å². The second-order valence-electron chi connectivity index (χ2n) is 6.28. The first-order valence-electron chi connectivity index (χ1n) is 7.70. The summed E-state index contributed by atoms with van der Waals surface area (Å²) in [6, 6.07) is 4.19. The van der Waals surface area contributed by atoms with Crippen molar-refractivity contribution in [3.8, 4) is 6.19 Å². The fourth-order valence-electron chi connectivity index (χ4n) is 3.06. The van der Waals surface area contributed by atoms with Crippen molar-refractivity contribution in [1.82, 2.24) is 14.5 Å². The van der Waals surface area contributed by atoms with Crippen LogP contribution in [0.2, 0.25) is 5.02 Å². The summed E-state index contributed by atoms with van der Waals surface area (Å²) in [4.78, 5) is 6.94. The summed E-state index contributed by atoms with van der Waals surface area (Å²) in [5, 5.41) is 12.4. The number of imidazole rings is 1. The third-order valence-corrected chi connectivity index (χ3v) is 4.45. The lowest BCUT2D eigenvalue weighted by molar-refractivity contribution is 0.211. The van der Waals surface area contributed by atoms with Crippen LogP contribution in [-0.2, 0) is 13.1 Å². The summed E-state index contributed by atoms with van der Waals surface area (Å²) in [5.74, 6) is 0.585. The standard InChI is InChI=1S/C17H20ClN5/c1-11(2)4-5-22-9-13-6-14(18)7-15-16(13)23(8-12(22)3)17(21-15)20-10-19/h4,6-7,12H,5,8-9H2,1-3H3,(H,20,21). The predicted molar refractivity (Wildman–Crippen MR) is 93.3 cm³/mol. The van der Waals surface area contributed by atoms with Gasteiger partial charge >= 0.3 is 0 Å². The summed E-state index contributed by atoms with van der Waals surface area (Å²) in [6.45, 7) is 8.93. The number of rotatable bonds is 3. The highest BCUT2D eigenvalue weighted by Gasteiger charge is 2.25. The fraction of sp³-hybridized carbons (Fsp3) is 0.412. The molecular formula is C17H20ClN5. The van der Waals surface area contributed by atoms with E-state index in [9.17, 15) is 0 Å². The molecular weight excluding hydrogens is 310 g/mol. The number of anilines is 1. The smallest absolute Gasteiger partial charge is 0.217 e. The third kappa shape index (κ3) is 3.05. The molecule has 1 aliphatic rings. The Kier molecular flexibility index (Phi) is 4.29. The first-order valence-corrected chi connectivity index (χ1v) is 8.08. The van der Waals surface area contributed by atoms with E-state index in [1.165, 1.54) is 5.57 Å². The first-order chi connectivity index (χ1) is 11.0. The Labute approximate surface area is 141 Å². The largest absolute Gasteiger partial charge is 0.308 e. The lowest BCUT2D eigenvalue weighted by Gasteiger charge is -2.26. The number of benzene rings is 1. The molecule has 1 N–H and O–H groups in total. The average molecular weight is 330 g/mol. The van der Waals surface area contributed by atoms with E-state index in [2.05, 4.69) is 46.6 Å². The summed E-state index contributed by atoms with van der Waals surface area (Å²) in [7, 11) is 0. The highest BCUT2D eigenvalue weighted by Crippen LogP contribution is 2.31. The predicted octanol–water partition coefficient (Wildman–Crippen LogP) is 3.75. The maximum absolute atomic E-state index is 8.98. The molecule has 1 aliphatic heterocycles. The van der Waals surface area contributed by atoms with E-state index < -0.39 is 0 Å². The molecule has 3 rings (SSSR count). The number of nitriles is 1. The molecule has 2 heterocycles. The molecule has 120 valence electrons. The highest BCUT2D eigenvalue weighted by atomic mass is 35.5. The molecule has 1 unspecified atom stereocenters. The van der Waals surface area contributed by atoms with Gasteiger partial charge in [-0.1, -0.05) is 23.3 Å². The van der Waals surface area contributed by atoms with Crippen molar-refractivity contribution in [3.05, 3.63) is 34.4 Å². The van der Waals surface area contributed by atoms with E-state index in [4.69, 9.17) is 16.9 Å². The molecule has 1 aromatic carbocycles. The van der Waals surface area contributed by atoms with Gasteiger partial charge in [-0.25, -0.2) is 4.98 Å². The first kappa shape index (κ1) is 15.9. The quantitative estimate of drug-likeness (QED) is 0.529. The minimum atomic E-state index is 0.327. The minimum absolute atomic E-state index is 0.327. The molecule has 2 aromatic rings. The van der Waals surface area contributed by atoms with Crippen LogP contribution in [0.15, 0.2) is 23.8 Å². The van der Waals surface area contributed by atoms with E-state index in [1.54, 1.807) is 0 Å². The lowest BCUT2D eigenvalue weighted by Crippen LogP contribution is -2.34. The number of aromatic nitrogens is 2. The Morgan fingerprint density at radius 3 is 3.00 bits per heavy atom. The van der Waals surface area contributed by atoms with Crippen molar-refractivity contribution in [3.63, 3.8) is 0 Å². The second kappa shape index (κ2) is 6.23. The van der Waals surface area contributed by atoms with Gasteiger partial charge in [-0.15, -0.1) is 0 Å². The number of nitrogens with one attached hydrogen (secondary N) is 1. The summed E-state index contributed by atoms with van der Waals surface area (Å²) in [6.07, 6.45) is 4.22. The van der Waals surface area contributed by atoms with Crippen molar-refractivity contribution in [2.24, 2.45) is 0 Å². The van der Waals surface area contributed by atoms with Gasteiger partial charge in [0.25, 0.3) is 0 Å². The Hall–Kier alpha value is -2.03. The van der Waals surface area contributed by atoms with Crippen LogP contribution in [0.25, 0.3) is 11.0 Å². The van der Waals surface area contributed by atoms with Gasteiger partial charge in [0.05, 0.1) is 11.0 Å². The molecule has 1 aromatic heterocycles. The van der Waals surface area contributed by atoms with Crippen molar-refractivity contribution in [2.75, 3.05) is 11.9 Å². The molecule has 0 saturated carbocycles. The number of nitrogens with zero attached hydrogens (tertiary/aromatic N) is 4. The maximum Gasteiger partial charge on any atom is 0.217 e. The molecule has 0 fully saturated rings. The summed E-state index contributed by atoms with van der Waals surface area (Å²) in [5.41, 5.74) is 4.36. The van der Waals surface area contributed by atoms with E-state index in [-0.39, 0.29) is 0 Å². The molecule has 0 amide bonds. The minimum Gasteiger partial charge on any atom is -0.308 e. The Balaban J connectivity index is 2.10. The molecule has 0 radical (unpaired) electrons. The van der Waals surface area contributed by atoms with Gasteiger partial charge in [0, 0.05) is 30.7 Å². The van der Waals surface area contributed by atoms with E-state index in [0.29, 0.717) is 17.0 Å². The van der Waals surface area contributed by atoms with Crippen LogP contribution < -0.4 is 5.32 Å². The lowest BCUT2D eigenvalue weighted by atomic mass is 10.1. The zero-order valence-electron chi connectivity index (χ0n) is 13.6. The number of hydrogen-bond acceptors (Lipinski definition) is 4. The fourth-order valence-corrected chi connectivity index (χ4v) is 3.29. The Morgan fingerprint density at radius 1 is 1.52 bits per heavy atom. The van der Waals surface area contributed by atoms with Crippen molar-refractivity contribution < 1.29 is 0 Å². The number of hydrogen-bond donors (Lipinski definition) is 1. The molecule has 5 nitrogen and oxygen atoms in total. The van der Waals surface area contributed by atoms with E-state index in [1.807, 2.05) is 18.3 Å². The van der Waals surface area contributed by atoms with Crippen molar-refractivity contribution >= 4 is 28.6 Å². The zero-order chi connectivity index (χ0) is 16.6. The van der Waals surface area contributed by atoms with Gasteiger partial charge in [0.15, 0.2) is 6.19 Å². The molecule has 23 heavy (non-hydrogen) atoms.